The maximum atomic E-state index is 14.0. The number of hydrogen-bond donors (Lipinski definition) is 0. The van der Waals surface area contributed by atoms with Gasteiger partial charge in [0.15, 0.2) is 0 Å². The molecule has 1 aliphatic carbocycles. The molecule has 1 saturated heterocycles. The molecule has 1 saturated carbocycles. The van der Waals surface area contributed by atoms with Crippen LogP contribution in [-0.2, 0) is 23.0 Å². The Morgan fingerprint density at radius 3 is 2.30 bits per heavy atom. The first-order valence-corrected chi connectivity index (χ1v) is 19.2. The lowest BCUT2D eigenvalue weighted by Crippen LogP contribution is -2.42. The highest BCUT2D eigenvalue weighted by atomic mass is 35.5. The largest absolute Gasteiger partial charge is 0.378 e. The van der Waals surface area contributed by atoms with Crippen molar-refractivity contribution in [2.45, 2.75) is 82.2 Å². The Morgan fingerprint density at radius 1 is 0.841 bits per heavy atom. The Hall–Kier alpha value is -1.33. The molecule has 7 nitrogen and oxygen atoms in total. The maximum absolute atomic E-state index is 14.0. The summed E-state index contributed by atoms with van der Waals surface area (Å²) >= 11 is 8.13. The number of benzene rings is 2. The average molecular weight is 662 g/mol. The number of fused-ring (bicyclic) bond motifs is 1. The smallest absolute Gasteiger partial charge is 0.243 e. The van der Waals surface area contributed by atoms with E-state index < -0.39 is 10.0 Å². The van der Waals surface area contributed by atoms with Crippen molar-refractivity contribution in [2.75, 3.05) is 64.8 Å². The van der Waals surface area contributed by atoms with Gasteiger partial charge in [-0.3, -0.25) is 0 Å². The predicted molar refractivity (Wildman–Crippen MR) is 186 cm³/mol. The minimum atomic E-state index is -3.59. The Labute approximate surface area is 276 Å². The summed E-state index contributed by atoms with van der Waals surface area (Å²) in [5, 5.41) is 0.812. The molecule has 10 heteroatoms. The quantitative estimate of drug-likeness (QED) is 0.304. The lowest BCUT2D eigenvalue weighted by Gasteiger charge is -2.37. The molecule has 244 valence electrons. The van der Waals surface area contributed by atoms with Gasteiger partial charge in [-0.05, 0) is 112 Å². The monoisotopic (exact) mass is 661 g/mol. The van der Waals surface area contributed by atoms with Gasteiger partial charge in [0.25, 0.3) is 0 Å². The molecule has 3 aliphatic rings. The SMILES string of the molecule is CC1CCN(S(=O)(=O)c2ccc(N(C)C)cc2)CCCN(CC2CCCCC2)CCCN1SN1CCc2cc(Cl)ccc2C1. The number of anilines is 1. The lowest BCUT2D eigenvalue weighted by molar-refractivity contribution is 0.181. The van der Waals surface area contributed by atoms with Gasteiger partial charge in [0.2, 0.25) is 10.0 Å². The summed E-state index contributed by atoms with van der Waals surface area (Å²) in [5.41, 5.74) is 3.71. The molecule has 44 heavy (non-hydrogen) atoms. The van der Waals surface area contributed by atoms with Gasteiger partial charge in [-0.1, -0.05) is 36.9 Å². The van der Waals surface area contributed by atoms with E-state index >= 15 is 0 Å². The van der Waals surface area contributed by atoms with E-state index in [0.717, 1.165) is 81.6 Å². The van der Waals surface area contributed by atoms with Crippen LogP contribution in [0.2, 0.25) is 5.02 Å². The average Bonchev–Trinajstić information content (AvgIpc) is 3.01. The first-order valence-electron chi connectivity index (χ1n) is 16.7. The topological polar surface area (TPSA) is 50.3 Å². The van der Waals surface area contributed by atoms with Crippen LogP contribution in [-0.4, -0.2) is 92.2 Å². The molecule has 5 rings (SSSR count). The zero-order chi connectivity index (χ0) is 31.1. The zero-order valence-electron chi connectivity index (χ0n) is 27.0. The molecular formula is C34H52ClN5O2S2. The third kappa shape index (κ3) is 9.14. The van der Waals surface area contributed by atoms with Gasteiger partial charge in [-0.2, -0.15) is 4.31 Å². The van der Waals surface area contributed by atoms with Crippen LogP contribution in [0.25, 0.3) is 0 Å². The predicted octanol–water partition coefficient (Wildman–Crippen LogP) is 6.77. The molecule has 0 aromatic heterocycles. The van der Waals surface area contributed by atoms with E-state index in [0.29, 0.717) is 18.0 Å². The molecule has 0 N–H and O–H groups in total. The standard InChI is InChI=1S/C34H52ClN5O2S2/c1-28-17-24-39(44(41,42)34-15-13-33(14-16-34)36(2)3)21-7-19-37(26-29-9-5-4-6-10-29)20-8-22-40(28)43-38-23-18-30-25-32(35)12-11-31(30)27-38/h11-16,25,28-29H,4-10,17-24,26-27H2,1-3H3. The van der Waals surface area contributed by atoms with Crippen molar-refractivity contribution in [3.63, 3.8) is 0 Å². The van der Waals surface area contributed by atoms with E-state index in [1.807, 2.05) is 49.3 Å². The molecule has 0 spiro atoms. The Bertz CT molecular complexity index is 1300. The fourth-order valence-electron chi connectivity index (χ4n) is 6.90. The number of halogens is 1. The highest BCUT2D eigenvalue weighted by Gasteiger charge is 2.29. The van der Waals surface area contributed by atoms with Crippen LogP contribution in [0.3, 0.4) is 0 Å². The molecule has 1 atom stereocenters. The van der Waals surface area contributed by atoms with Crippen LogP contribution >= 0.6 is 23.7 Å². The molecule has 0 amide bonds. The molecule has 2 fully saturated rings. The minimum Gasteiger partial charge on any atom is -0.378 e. The number of sulfonamides is 1. The molecule has 0 bridgehead atoms. The van der Waals surface area contributed by atoms with E-state index in [-0.39, 0.29) is 6.04 Å². The summed E-state index contributed by atoms with van der Waals surface area (Å²) in [6, 6.07) is 13.9. The second-order valence-corrected chi connectivity index (χ2v) is 16.7. The van der Waals surface area contributed by atoms with Crippen LogP contribution in [0.4, 0.5) is 5.69 Å². The normalized spacial score (nSPS) is 23.0. The molecule has 1 unspecified atom stereocenters. The second-order valence-electron chi connectivity index (χ2n) is 13.2. The highest BCUT2D eigenvalue weighted by Crippen LogP contribution is 2.31. The van der Waals surface area contributed by atoms with Crippen molar-refractivity contribution >= 4 is 39.4 Å². The maximum Gasteiger partial charge on any atom is 0.243 e. The summed E-state index contributed by atoms with van der Waals surface area (Å²) in [4.78, 5) is 5.03. The fourth-order valence-corrected chi connectivity index (χ4v) is 9.73. The van der Waals surface area contributed by atoms with Crippen LogP contribution in [0.5, 0.6) is 0 Å². The van der Waals surface area contributed by atoms with Crippen molar-refractivity contribution in [3.8, 4) is 0 Å². The summed E-state index contributed by atoms with van der Waals surface area (Å²) in [7, 11) is 0.356. The third-order valence-electron chi connectivity index (χ3n) is 9.62. The first-order chi connectivity index (χ1) is 21.2. The summed E-state index contributed by atoms with van der Waals surface area (Å²) < 4.78 is 34.7. The second kappa shape index (κ2) is 16.0. The van der Waals surface area contributed by atoms with Crippen LogP contribution in [0.15, 0.2) is 47.4 Å². The van der Waals surface area contributed by atoms with E-state index in [4.69, 9.17) is 11.6 Å². The van der Waals surface area contributed by atoms with Gasteiger partial charge in [0.1, 0.15) is 0 Å². The third-order valence-corrected chi connectivity index (χ3v) is 13.1. The molecule has 2 aromatic rings. The fraction of sp³-hybridized carbons (Fsp3) is 0.647. The molecule has 2 heterocycles. The first kappa shape index (κ1) is 34.0. The Balaban J connectivity index is 1.31. The summed E-state index contributed by atoms with van der Waals surface area (Å²) in [6.45, 7) is 9.41. The number of hydrogen-bond acceptors (Lipinski definition) is 7. The van der Waals surface area contributed by atoms with Crippen molar-refractivity contribution in [3.05, 3.63) is 58.6 Å². The molecule has 0 radical (unpaired) electrons. The Morgan fingerprint density at radius 2 is 1.57 bits per heavy atom. The zero-order valence-corrected chi connectivity index (χ0v) is 29.4. The number of rotatable bonds is 7. The highest BCUT2D eigenvalue weighted by molar-refractivity contribution is 7.94. The van der Waals surface area contributed by atoms with Crippen LogP contribution < -0.4 is 4.90 Å². The minimum absolute atomic E-state index is 0.242. The van der Waals surface area contributed by atoms with Crippen LogP contribution in [0, 0.1) is 5.92 Å². The molecule has 2 aliphatic heterocycles. The van der Waals surface area contributed by atoms with Gasteiger partial charge in [-0.25, -0.2) is 17.0 Å². The van der Waals surface area contributed by atoms with Crippen molar-refractivity contribution < 1.29 is 8.42 Å². The Kier molecular flexibility index (Phi) is 12.4. The van der Waals surface area contributed by atoms with E-state index in [9.17, 15) is 8.42 Å². The van der Waals surface area contributed by atoms with E-state index in [2.05, 4.69) is 32.6 Å². The van der Waals surface area contributed by atoms with E-state index in [1.165, 1.54) is 43.2 Å². The molecular weight excluding hydrogens is 610 g/mol. The lowest BCUT2D eigenvalue weighted by atomic mass is 9.89. The molecule has 2 aromatic carbocycles. The number of nitrogens with zero attached hydrogens (tertiary/aromatic N) is 5. The van der Waals surface area contributed by atoms with Crippen molar-refractivity contribution in [1.29, 1.82) is 0 Å². The van der Waals surface area contributed by atoms with Crippen LogP contribution in [0.1, 0.15) is 69.4 Å². The summed E-state index contributed by atoms with van der Waals surface area (Å²) in [6.07, 6.45) is 10.5. The van der Waals surface area contributed by atoms with Gasteiger partial charge in [0.05, 0.1) is 4.90 Å². The van der Waals surface area contributed by atoms with Crippen molar-refractivity contribution in [1.82, 2.24) is 17.8 Å². The van der Waals surface area contributed by atoms with Gasteiger partial charge in [-0.15, -0.1) is 0 Å². The van der Waals surface area contributed by atoms with Crippen molar-refractivity contribution in [2.24, 2.45) is 5.92 Å². The summed E-state index contributed by atoms with van der Waals surface area (Å²) in [5.74, 6) is 0.776. The van der Waals surface area contributed by atoms with E-state index in [1.54, 1.807) is 16.4 Å². The van der Waals surface area contributed by atoms with Gasteiger partial charge >= 0.3 is 0 Å². The van der Waals surface area contributed by atoms with Gasteiger partial charge < -0.3 is 9.80 Å². The van der Waals surface area contributed by atoms with Gasteiger partial charge in [0, 0.05) is 82.2 Å².